The molecule has 0 aliphatic rings. The molecule has 1 amide bonds. The second kappa shape index (κ2) is 6.69. The highest BCUT2D eigenvalue weighted by Gasteiger charge is 2.08. The summed E-state index contributed by atoms with van der Waals surface area (Å²) in [5, 5.41) is 11.5. The normalized spacial score (nSPS) is 9.67. The van der Waals surface area contributed by atoms with Gasteiger partial charge in [-0.15, -0.1) is 0 Å². The summed E-state index contributed by atoms with van der Waals surface area (Å²) >= 11 is 0. The number of hydrogen-bond acceptors (Lipinski definition) is 3. The molecule has 4 nitrogen and oxygen atoms in total. The monoisotopic (exact) mass is 280 g/mol. The van der Waals surface area contributed by atoms with Crippen molar-refractivity contribution in [3.8, 4) is 11.8 Å². The third-order valence-electron chi connectivity index (χ3n) is 2.77. The lowest BCUT2D eigenvalue weighted by atomic mass is 10.1. The van der Waals surface area contributed by atoms with Gasteiger partial charge in [0.05, 0.1) is 0 Å². The molecule has 0 atom stereocenters. The average molecular weight is 280 g/mol. The van der Waals surface area contributed by atoms with Gasteiger partial charge < -0.3 is 10.4 Å². The van der Waals surface area contributed by atoms with Crippen LogP contribution in [-0.2, 0) is 0 Å². The fourth-order valence-electron chi connectivity index (χ4n) is 1.93. The van der Waals surface area contributed by atoms with Crippen molar-refractivity contribution in [3.63, 3.8) is 0 Å². The Morgan fingerprint density at radius 2 is 2.10 bits per heavy atom. The maximum absolute atomic E-state index is 12.2. The summed E-state index contributed by atoms with van der Waals surface area (Å²) < 4.78 is 0. The summed E-state index contributed by atoms with van der Waals surface area (Å²) in [5.74, 6) is 5.16. The van der Waals surface area contributed by atoms with Crippen molar-refractivity contribution in [2.24, 2.45) is 0 Å². The fourth-order valence-corrected chi connectivity index (χ4v) is 1.93. The standard InChI is InChI=1S/C17H16N2O2/c1-12-9-14(6-4-8-20)11-15(10-12)19-17(21)16-7-3-5-13(2)18-16/h3,5,7,9-11,20H,8H2,1-2H3,(H,19,21). The fraction of sp³-hybridized carbons (Fsp3) is 0.176. The summed E-state index contributed by atoms with van der Waals surface area (Å²) in [7, 11) is 0. The predicted octanol–water partition coefficient (Wildman–Crippen LogP) is 2.29. The van der Waals surface area contributed by atoms with Crippen molar-refractivity contribution in [2.45, 2.75) is 13.8 Å². The van der Waals surface area contributed by atoms with Crippen molar-refractivity contribution in [2.75, 3.05) is 11.9 Å². The number of carbonyl (C=O) groups excluding carboxylic acids is 1. The topological polar surface area (TPSA) is 62.2 Å². The highest BCUT2D eigenvalue weighted by molar-refractivity contribution is 6.03. The predicted molar refractivity (Wildman–Crippen MR) is 82.1 cm³/mol. The van der Waals surface area contributed by atoms with E-state index in [0.717, 1.165) is 16.8 Å². The first-order chi connectivity index (χ1) is 10.1. The molecule has 2 aromatic rings. The summed E-state index contributed by atoms with van der Waals surface area (Å²) in [5.41, 5.74) is 3.55. The van der Waals surface area contributed by atoms with Gasteiger partial charge >= 0.3 is 0 Å². The molecule has 21 heavy (non-hydrogen) atoms. The number of aliphatic hydroxyl groups is 1. The van der Waals surface area contributed by atoms with Crippen molar-refractivity contribution in [1.29, 1.82) is 0 Å². The average Bonchev–Trinajstić information content (AvgIpc) is 2.44. The van der Waals surface area contributed by atoms with Gasteiger partial charge in [-0.25, -0.2) is 4.98 Å². The number of rotatable bonds is 2. The maximum Gasteiger partial charge on any atom is 0.274 e. The van der Waals surface area contributed by atoms with Crippen LogP contribution in [0.5, 0.6) is 0 Å². The number of benzene rings is 1. The van der Waals surface area contributed by atoms with Gasteiger partial charge in [0.15, 0.2) is 0 Å². The molecular formula is C17H16N2O2. The Hall–Kier alpha value is -2.64. The van der Waals surface area contributed by atoms with Gasteiger partial charge in [-0.2, -0.15) is 0 Å². The molecule has 0 radical (unpaired) electrons. The van der Waals surface area contributed by atoms with Crippen molar-refractivity contribution in [3.05, 3.63) is 58.9 Å². The summed E-state index contributed by atoms with van der Waals surface area (Å²) in [4.78, 5) is 16.3. The Balaban J connectivity index is 2.23. The number of carbonyl (C=O) groups is 1. The van der Waals surface area contributed by atoms with Crippen LogP contribution >= 0.6 is 0 Å². The van der Waals surface area contributed by atoms with Crippen molar-refractivity contribution in [1.82, 2.24) is 4.98 Å². The second-order valence-electron chi connectivity index (χ2n) is 4.67. The molecule has 0 aliphatic heterocycles. The third-order valence-corrected chi connectivity index (χ3v) is 2.77. The van der Waals surface area contributed by atoms with Gasteiger partial charge in [-0.3, -0.25) is 4.79 Å². The number of nitrogens with zero attached hydrogens (tertiary/aromatic N) is 1. The van der Waals surface area contributed by atoms with Crippen LogP contribution in [0.2, 0.25) is 0 Å². The van der Waals surface area contributed by atoms with Gasteiger partial charge in [0.2, 0.25) is 0 Å². The zero-order valence-electron chi connectivity index (χ0n) is 12.0. The van der Waals surface area contributed by atoms with E-state index in [2.05, 4.69) is 22.1 Å². The molecule has 0 aliphatic carbocycles. The minimum atomic E-state index is -0.259. The zero-order chi connectivity index (χ0) is 15.2. The summed E-state index contributed by atoms with van der Waals surface area (Å²) in [6, 6.07) is 10.8. The van der Waals surface area contributed by atoms with E-state index >= 15 is 0 Å². The Morgan fingerprint density at radius 1 is 1.29 bits per heavy atom. The van der Waals surface area contributed by atoms with E-state index in [-0.39, 0.29) is 12.5 Å². The Labute approximate surface area is 123 Å². The number of pyridine rings is 1. The maximum atomic E-state index is 12.2. The van der Waals surface area contributed by atoms with Crippen LogP contribution in [0.15, 0.2) is 36.4 Å². The highest BCUT2D eigenvalue weighted by Crippen LogP contribution is 2.15. The smallest absolute Gasteiger partial charge is 0.274 e. The molecule has 0 saturated heterocycles. The van der Waals surface area contributed by atoms with Crippen molar-refractivity contribution < 1.29 is 9.90 Å². The molecular weight excluding hydrogens is 264 g/mol. The lowest BCUT2D eigenvalue weighted by Gasteiger charge is -2.07. The highest BCUT2D eigenvalue weighted by atomic mass is 16.2. The van der Waals surface area contributed by atoms with Gasteiger partial charge in [0.25, 0.3) is 5.91 Å². The van der Waals surface area contributed by atoms with Gasteiger partial charge in [0, 0.05) is 16.9 Å². The van der Waals surface area contributed by atoms with E-state index in [1.165, 1.54) is 0 Å². The molecule has 106 valence electrons. The summed E-state index contributed by atoms with van der Waals surface area (Å²) in [6.07, 6.45) is 0. The first-order valence-corrected chi connectivity index (χ1v) is 6.55. The number of nitrogens with one attached hydrogen (secondary N) is 1. The minimum absolute atomic E-state index is 0.192. The Morgan fingerprint density at radius 3 is 2.81 bits per heavy atom. The molecule has 1 heterocycles. The molecule has 4 heteroatoms. The summed E-state index contributed by atoms with van der Waals surface area (Å²) in [6.45, 7) is 3.57. The van der Waals surface area contributed by atoms with Gasteiger partial charge in [-0.05, 0) is 49.7 Å². The SMILES string of the molecule is Cc1cc(C#CCO)cc(NC(=O)c2cccc(C)n2)c1. The second-order valence-corrected chi connectivity index (χ2v) is 4.67. The molecule has 0 fully saturated rings. The molecule has 0 saturated carbocycles. The van der Waals surface area contributed by atoms with Crippen LogP contribution in [0, 0.1) is 25.7 Å². The quantitative estimate of drug-likeness (QED) is 0.830. The van der Waals surface area contributed by atoms with Gasteiger partial charge in [-0.1, -0.05) is 17.9 Å². The molecule has 0 bridgehead atoms. The molecule has 2 rings (SSSR count). The minimum Gasteiger partial charge on any atom is -0.384 e. The van der Waals surface area contributed by atoms with Crippen LogP contribution in [0.1, 0.15) is 27.3 Å². The lowest BCUT2D eigenvalue weighted by Crippen LogP contribution is -2.14. The largest absolute Gasteiger partial charge is 0.384 e. The number of aromatic nitrogens is 1. The lowest BCUT2D eigenvalue weighted by molar-refractivity contribution is 0.102. The van der Waals surface area contributed by atoms with Crippen LogP contribution in [0.3, 0.4) is 0 Å². The van der Waals surface area contributed by atoms with Crippen LogP contribution in [-0.4, -0.2) is 22.6 Å². The first-order valence-electron chi connectivity index (χ1n) is 6.55. The molecule has 2 N–H and O–H groups in total. The number of aryl methyl sites for hydroxylation is 2. The van der Waals surface area contributed by atoms with Crippen LogP contribution in [0.4, 0.5) is 5.69 Å². The molecule has 0 unspecified atom stereocenters. The van der Waals surface area contributed by atoms with E-state index in [4.69, 9.17) is 5.11 Å². The number of amides is 1. The number of anilines is 1. The van der Waals surface area contributed by atoms with E-state index in [1.54, 1.807) is 18.2 Å². The Kier molecular flexibility index (Phi) is 4.70. The zero-order valence-corrected chi connectivity index (χ0v) is 12.0. The van der Waals surface area contributed by atoms with E-state index < -0.39 is 0 Å². The van der Waals surface area contributed by atoms with E-state index in [1.807, 2.05) is 32.0 Å². The van der Waals surface area contributed by atoms with Crippen LogP contribution < -0.4 is 5.32 Å². The van der Waals surface area contributed by atoms with Crippen LogP contribution in [0.25, 0.3) is 0 Å². The van der Waals surface area contributed by atoms with E-state index in [0.29, 0.717) is 11.4 Å². The Bertz CT molecular complexity index is 727. The first kappa shape index (κ1) is 14.8. The molecule has 1 aromatic heterocycles. The van der Waals surface area contributed by atoms with Gasteiger partial charge in [0.1, 0.15) is 12.3 Å². The van der Waals surface area contributed by atoms with E-state index in [9.17, 15) is 4.79 Å². The third kappa shape index (κ3) is 4.16. The number of aliphatic hydroxyl groups excluding tert-OH is 1. The molecule has 0 spiro atoms. The van der Waals surface area contributed by atoms with Crippen molar-refractivity contribution >= 4 is 11.6 Å². The molecule has 1 aromatic carbocycles. The number of hydrogen-bond donors (Lipinski definition) is 2.